The van der Waals surface area contributed by atoms with E-state index in [0.717, 1.165) is 10.9 Å². The minimum Gasteiger partial charge on any atom is -0.475 e. The van der Waals surface area contributed by atoms with Gasteiger partial charge in [-0.15, -0.1) is 0 Å². The number of benzene rings is 1. The highest BCUT2D eigenvalue weighted by Crippen LogP contribution is 2.21. The van der Waals surface area contributed by atoms with Crippen LogP contribution in [0.15, 0.2) is 30.5 Å². The zero-order valence-corrected chi connectivity index (χ0v) is 8.14. The maximum absolute atomic E-state index is 10.8. The number of hydrogen-bond donors (Lipinski definition) is 2. The zero-order valence-electron chi connectivity index (χ0n) is 8.14. The van der Waals surface area contributed by atoms with Gasteiger partial charge in [-0.1, -0.05) is 0 Å². The van der Waals surface area contributed by atoms with E-state index in [1.807, 2.05) is 12.1 Å². The van der Waals surface area contributed by atoms with Crippen molar-refractivity contribution in [3.8, 4) is 0 Å². The molecule has 0 atom stereocenters. The van der Waals surface area contributed by atoms with Crippen molar-refractivity contribution in [3.05, 3.63) is 36.3 Å². The van der Waals surface area contributed by atoms with Gasteiger partial charge in [0.2, 0.25) is 5.82 Å². The van der Waals surface area contributed by atoms with E-state index in [0.29, 0.717) is 11.0 Å². The Morgan fingerprint density at radius 1 is 1.31 bits per heavy atom. The Hall–Kier alpha value is -2.43. The number of hydrogen-bond acceptors (Lipinski definition) is 3. The monoisotopic (exact) mass is 213 g/mol. The van der Waals surface area contributed by atoms with Gasteiger partial charge < -0.3 is 10.1 Å². The average molecular weight is 213 g/mol. The molecule has 0 bridgehead atoms. The van der Waals surface area contributed by atoms with Crippen LogP contribution in [0.5, 0.6) is 0 Å². The molecule has 0 amide bonds. The number of imidazole rings is 1. The van der Waals surface area contributed by atoms with Crippen molar-refractivity contribution in [1.29, 1.82) is 0 Å². The Kier molecular flexibility index (Phi) is 1.67. The van der Waals surface area contributed by atoms with Crippen LogP contribution in [0, 0.1) is 0 Å². The molecule has 1 aromatic carbocycles. The number of aromatic carboxylic acids is 1. The van der Waals surface area contributed by atoms with E-state index in [1.54, 1.807) is 18.3 Å². The molecule has 0 fully saturated rings. The van der Waals surface area contributed by atoms with Gasteiger partial charge in [0, 0.05) is 11.6 Å². The number of nitrogens with one attached hydrogen (secondary N) is 1. The van der Waals surface area contributed by atoms with Crippen LogP contribution in [0.25, 0.3) is 21.9 Å². The second-order valence-corrected chi connectivity index (χ2v) is 3.42. The fraction of sp³-hybridized carbons (Fsp3) is 0. The average Bonchev–Trinajstić information content (AvgIpc) is 2.73. The van der Waals surface area contributed by atoms with Crippen molar-refractivity contribution in [2.24, 2.45) is 0 Å². The van der Waals surface area contributed by atoms with E-state index in [-0.39, 0.29) is 5.82 Å². The molecule has 0 unspecified atom stereocenters. The summed E-state index contributed by atoms with van der Waals surface area (Å²) in [6, 6.07) is 7.29. The summed E-state index contributed by atoms with van der Waals surface area (Å²) in [6.45, 7) is 0. The normalized spacial score (nSPS) is 11.0. The fourth-order valence-electron chi connectivity index (χ4n) is 1.73. The Morgan fingerprint density at radius 3 is 3.00 bits per heavy atom. The van der Waals surface area contributed by atoms with Crippen LogP contribution in [-0.2, 0) is 0 Å². The minimum atomic E-state index is -1.06. The Labute approximate surface area is 89.8 Å². The van der Waals surface area contributed by atoms with E-state index in [9.17, 15) is 4.79 Å². The highest BCUT2D eigenvalue weighted by Gasteiger charge is 2.11. The van der Waals surface area contributed by atoms with E-state index in [4.69, 9.17) is 5.11 Å². The molecule has 0 saturated carbocycles. The molecule has 0 aliphatic heterocycles. The number of nitrogens with zero attached hydrogens (tertiary/aromatic N) is 2. The first-order valence-electron chi connectivity index (χ1n) is 4.72. The van der Waals surface area contributed by atoms with Crippen molar-refractivity contribution in [1.82, 2.24) is 15.0 Å². The molecule has 5 heteroatoms. The topological polar surface area (TPSA) is 78.9 Å². The number of aromatic amines is 1. The molecule has 0 aliphatic carbocycles. The summed E-state index contributed by atoms with van der Waals surface area (Å²) < 4.78 is 0. The van der Waals surface area contributed by atoms with Gasteiger partial charge in [-0.05, 0) is 24.3 Å². The number of carbonyl (C=O) groups is 1. The lowest BCUT2D eigenvalue weighted by molar-refractivity contribution is 0.0685. The Morgan fingerprint density at radius 2 is 2.19 bits per heavy atom. The van der Waals surface area contributed by atoms with Gasteiger partial charge in [-0.3, -0.25) is 4.98 Å². The van der Waals surface area contributed by atoms with Crippen molar-refractivity contribution >= 4 is 27.9 Å². The number of carboxylic acid groups (broad SMARTS) is 1. The predicted molar refractivity (Wildman–Crippen MR) is 58.4 cm³/mol. The highest BCUT2D eigenvalue weighted by molar-refractivity contribution is 6.04. The first kappa shape index (κ1) is 8.84. The van der Waals surface area contributed by atoms with Crippen molar-refractivity contribution in [2.45, 2.75) is 0 Å². The Bertz CT molecular complexity index is 703. The maximum atomic E-state index is 10.8. The van der Waals surface area contributed by atoms with Gasteiger partial charge in [-0.2, -0.15) is 0 Å². The van der Waals surface area contributed by atoms with E-state index in [1.165, 1.54) is 0 Å². The predicted octanol–water partition coefficient (Wildman–Crippen LogP) is 1.81. The van der Waals surface area contributed by atoms with Crippen LogP contribution in [-0.4, -0.2) is 26.0 Å². The van der Waals surface area contributed by atoms with Crippen LogP contribution in [0.1, 0.15) is 10.6 Å². The quantitative estimate of drug-likeness (QED) is 0.646. The molecule has 3 rings (SSSR count). The summed E-state index contributed by atoms with van der Waals surface area (Å²) in [5, 5.41) is 9.70. The lowest BCUT2D eigenvalue weighted by Gasteiger charge is -1.95. The van der Waals surface area contributed by atoms with Gasteiger partial charge in [0.1, 0.15) is 0 Å². The smallest absolute Gasteiger partial charge is 0.371 e. The number of carboxylic acids is 1. The van der Waals surface area contributed by atoms with Crippen LogP contribution < -0.4 is 0 Å². The molecule has 78 valence electrons. The lowest BCUT2D eigenvalue weighted by atomic mass is 10.2. The SMILES string of the molecule is O=C(O)c1nc2c(ccc3ncccc32)[nH]1. The molecule has 3 aromatic rings. The van der Waals surface area contributed by atoms with Crippen molar-refractivity contribution in [2.75, 3.05) is 0 Å². The second-order valence-electron chi connectivity index (χ2n) is 3.42. The summed E-state index contributed by atoms with van der Waals surface area (Å²) in [6.07, 6.45) is 1.69. The third kappa shape index (κ3) is 1.15. The first-order valence-corrected chi connectivity index (χ1v) is 4.72. The summed E-state index contributed by atoms with van der Waals surface area (Å²) >= 11 is 0. The molecule has 16 heavy (non-hydrogen) atoms. The minimum absolute atomic E-state index is 0.0497. The number of fused-ring (bicyclic) bond motifs is 3. The van der Waals surface area contributed by atoms with Gasteiger partial charge in [0.05, 0.1) is 16.6 Å². The highest BCUT2D eigenvalue weighted by atomic mass is 16.4. The number of aromatic nitrogens is 3. The first-order chi connectivity index (χ1) is 7.75. The molecule has 0 aliphatic rings. The summed E-state index contributed by atoms with van der Waals surface area (Å²) in [4.78, 5) is 21.8. The summed E-state index contributed by atoms with van der Waals surface area (Å²) in [5.41, 5.74) is 2.15. The zero-order chi connectivity index (χ0) is 11.1. The summed E-state index contributed by atoms with van der Waals surface area (Å²) in [7, 11) is 0. The molecule has 2 aromatic heterocycles. The number of pyridine rings is 1. The van der Waals surface area contributed by atoms with Crippen molar-refractivity contribution in [3.63, 3.8) is 0 Å². The molecular formula is C11H7N3O2. The standard InChI is InChI=1S/C11H7N3O2/c15-11(16)10-13-8-4-3-7-6(9(8)14-10)2-1-5-12-7/h1-5H,(H,13,14)(H,15,16). The molecule has 5 nitrogen and oxygen atoms in total. The lowest BCUT2D eigenvalue weighted by Crippen LogP contribution is -1.97. The van der Waals surface area contributed by atoms with Gasteiger partial charge in [0.25, 0.3) is 0 Å². The third-order valence-corrected chi connectivity index (χ3v) is 2.44. The third-order valence-electron chi connectivity index (χ3n) is 2.44. The molecule has 0 spiro atoms. The van der Waals surface area contributed by atoms with Gasteiger partial charge in [-0.25, -0.2) is 9.78 Å². The molecule has 0 saturated heterocycles. The Balaban J connectivity index is 2.46. The van der Waals surface area contributed by atoms with Crippen LogP contribution in [0.2, 0.25) is 0 Å². The van der Waals surface area contributed by atoms with E-state index >= 15 is 0 Å². The van der Waals surface area contributed by atoms with Crippen molar-refractivity contribution < 1.29 is 9.90 Å². The molecule has 2 heterocycles. The van der Waals surface area contributed by atoms with E-state index < -0.39 is 5.97 Å². The van der Waals surface area contributed by atoms with E-state index in [2.05, 4.69) is 15.0 Å². The maximum Gasteiger partial charge on any atom is 0.371 e. The number of H-pyrrole nitrogens is 1. The largest absolute Gasteiger partial charge is 0.475 e. The fourth-order valence-corrected chi connectivity index (χ4v) is 1.73. The van der Waals surface area contributed by atoms with Crippen LogP contribution in [0.4, 0.5) is 0 Å². The van der Waals surface area contributed by atoms with Gasteiger partial charge in [0.15, 0.2) is 0 Å². The summed E-state index contributed by atoms with van der Waals surface area (Å²) in [5.74, 6) is -1.11. The van der Waals surface area contributed by atoms with Crippen LogP contribution >= 0.6 is 0 Å². The second kappa shape index (κ2) is 3.03. The molecule has 2 N–H and O–H groups in total. The van der Waals surface area contributed by atoms with Crippen LogP contribution in [0.3, 0.4) is 0 Å². The number of rotatable bonds is 1. The molecular weight excluding hydrogens is 206 g/mol. The van der Waals surface area contributed by atoms with Gasteiger partial charge >= 0.3 is 5.97 Å². The molecule has 0 radical (unpaired) electrons.